The van der Waals surface area contributed by atoms with Crippen molar-refractivity contribution in [1.29, 1.82) is 0 Å². The van der Waals surface area contributed by atoms with Crippen molar-refractivity contribution in [2.75, 3.05) is 18.5 Å². The normalized spacial score (nSPS) is 18.5. The zero-order chi connectivity index (χ0) is 22.4. The van der Waals surface area contributed by atoms with Crippen LogP contribution in [0.25, 0.3) is 0 Å². The molecule has 1 aliphatic rings. The van der Waals surface area contributed by atoms with Crippen molar-refractivity contribution in [2.24, 2.45) is 11.8 Å². The van der Waals surface area contributed by atoms with Gasteiger partial charge in [-0.15, -0.1) is 0 Å². The number of amides is 1. The number of carboxylic acids is 1. The second-order valence-electron chi connectivity index (χ2n) is 7.25. The molecule has 1 aliphatic carbocycles. The Balaban J connectivity index is 2.35. The molecular weight excluding hydrogens is 390 g/mol. The van der Waals surface area contributed by atoms with E-state index >= 15 is 0 Å². The number of benzene rings is 1. The zero-order valence-corrected chi connectivity index (χ0v) is 17.6. The summed E-state index contributed by atoms with van der Waals surface area (Å²) in [6.07, 6.45) is 0.632. The van der Waals surface area contributed by atoms with E-state index in [0.717, 1.165) is 11.1 Å². The molecule has 2 rings (SSSR count). The number of carbonyl (C=O) groups is 4. The van der Waals surface area contributed by atoms with Gasteiger partial charge in [0.1, 0.15) is 0 Å². The van der Waals surface area contributed by atoms with Crippen LogP contribution in [0.3, 0.4) is 0 Å². The van der Waals surface area contributed by atoms with E-state index in [4.69, 9.17) is 9.47 Å². The van der Waals surface area contributed by atoms with Gasteiger partial charge in [0.15, 0.2) is 0 Å². The second-order valence-corrected chi connectivity index (χ2v) is 7.25. The first-order valence-electron chi connectivity index (χ1n) is 9.86. The van der Waals surface area contributed by atoms with Crippen LogP contribution in [0.2, 0.25) is 0 Å². The first kappa shape index (κ1) is 23.1. The minimum atomic E-state index is -1.03. The average molecular weight is 417 g/mol. The van der Waals surface area contributed by atoms with Crippen LogP contribution in [0.5, 0.6) is 0 Å². The van der Waals surface area contributed by atoms with Crippen LogP contribution in [0.4, 0.5) is 5.69 Å². The Bertz CT molecular complexity index is 851. The topological polar surface area (TPSA) is 119 Å². The highest BCUT2D eigenvalue weighted by atomic mass is 16.5. The van der Waals surface area contributed by atoms with Crippen molar-refractivity contribution in [3.8, 4) is 0 Å². The highest BCUT2D eigenvalue weighted by Crippen LogP contribution is 2.35. The lowest BCUT2D eigenvalue weighted by Gasteiger charge is -2.29. The molecule has 1 aromatic carbocycles. The van der Waals surface area contributed by atoms with Crippen LogP contribution < -0.4 is 5.32 Å². The van der Waals surface area contributed by atoms with Gasteiger partial charge in [-0.25, -0.2) is 9.59 Å². The summed E-state index contributed by atoms with van der Waals surface area (Å²) in [6.45, 7) is 7.36. The first-order chi connectivity index (χ1) is 14.2. The fraction of sp³-hybridized carbons (Fsp3) is 0.455. The van der Waals surface area contributed by atoms with Crippen LogP contribution in [0.15, 0.2) is 29.3 Å². The van der Waals surface area contributed by atoms with E-state index in [1.54, 1.807) is 13.8 Å². The summed E-state index contributed by atoms with van der Waals surface area (Å²) < 4.78 is 9.97. The molecule has 0 saturated carbocycles. The van der Waals surface area contributed by atoms with Crippen LogP contribution in [0.1, 0.15) is 61.3 Å². The molecule has 2 atom stereocenters. The monoisotopic (exact) mass is 417 g/mol. The fourth-order valence-electron chi connectivity index (χ4n) is 3.43. The lowest BCUT2D eigenvalue weighted by molar-refractivity contribution is -0.146. The molecule has 0 fully saturated rings. The molecule has 0 heterocycles. The Labute approximate surface area is 175 Å². The maximum Gasteiger partial charge on any atom is 0.338 e. The summed E-state index contributed by atoms with van der Waals surface area (Å²) in [5.74, 6) is -4.40. The highest BCUT2D eigenvalue weighted by Gasteiger charge is 2.37. The number of hydrogen-bond acceptors (Lipinski definition) is 6. The van der Waals surface area contributed by atoms with Crippen molar-refractivity contribution in [1.82, 2.24) is 0 Å². The van der Waals surface area contributed by atoms with Crippen molar-refractivity contribution in [2.45, 2.75) is 40.5 Å². The average Bonchev–Trinajstić information content (AvgIpc) is 2.69. The third-order valence-corrected chi connectivity index (χ3v) is 5.14. The van der Waals surface area contributed by atoms with Gasteiger partial charge >= 0.3 is 17.9 Å². The van der Waals surface area contributed by atoms with Crippen LogP contribution in [0, 0.1) is 11.8 Å². The molecular formula is C22H27NO7. The summed E-state index contributed by atoms with van der Waals surface area (Å²) in [7, 11) is 0. The van der Waals surface area contributed by atoms with Gasteiger partial charge in [0.2, 0.25) is 5.91 Å². The summed E-state index contributed by atoms with van der Waals surface area (Å²) in [4.78, 5) is 48.9. The van der Waals surface area contributed by atoms with Gasteiger partial charge in [0, 0.05) is 5.69 Å². The number of nitrogens with one attached hydrogen (secondary N) is 1. The van der Waals surface area contributed by atoms with Crippen molar-refractivity contribution >= 4 is 29.5 Å². The SMILES string of the molecule is CCOC(=O)c1cc(NC(=O)C2CC(C)=C(C)CC2C(=O)O)cc(C(=O)OCC)c1. The lowest BCUT2D eigenvalue weighted by Crippen LogP contribution is -2.36. The van der Waals surface area contributed by atoms with E-state index in [1.165, 1.54) is 18.2 Å². The number of carbonyl (C=O) groups excluding carboxylic acids is 3. The Morgan fingerprint density at radius 3 is 1.80 bits per heavy atom. The molecule has 1 aromatic rings. The molecule has 8 heteroatoms. The number of esters is 2. The predicted octanol–water partition coefficient (Wildman–Crippen LogP) is 3.43. The molecule has 0 radical (unpaired) electrons. The lowest BCUT2D eigenvalue weighted by atomic mass is 9.76. The molecule has 2 unspecified atom stereocenters. The van der Waals surface area contributed by atoms with E-state index in [9.17, 15) is 24.3 Å². The Hall–Kier alpha value is -3.16. The molecule has 162 valence electrons. The third-order valence-electron chi connectivity index (χ3n) is 5.14. The number of hydrogen-bond donors (Lipinski definition) is 2. The number of ether oxygens (including phenoxy) is 2. The molecule has 0 spiro atoms. The largest absolute Gasteiger partial charge is 0.481 e. The summed E-state index contributed by atoms with van der Waals surface area (Å²) in [5.41, 5.74) is 2.33. The Kier molecular flexibility index (Phi) is 7.74. The van der Waals surface area contributed by atoms with E-state index in [2.05, 4.69) is 5.32 Å². The van der Waals surface area contributed by atoms with Gasteiger partial charge in [-0.3, -0.25) is 9.59 Å². The quantitative estimate of drug-likeness (QED) is 0.515. The van der Waals surface area contributed by atoms with Crippen molar-refractivity contribution in [3.05, 3.63) is 40.5 Å². The molecule has 0 bridgehead atoms. The molecule has 0 aromatic heterocycles. The summed E-state index contributed by atoms with van der Waals surface area (Å²) in [6, 6.07) is 4.12. The van der Waals surface area contributed by atoms with Gasteiger partial charge in [-0.2, -0.15) is 0 Å². The maximum atomic E-state index is 12.9. The first-order valence-corrected chi connectivity index (χ1v) is 9.86. The van der Waals surface area contributed by atoms with E-state index in [0.29, 0.717) is 12.8 Å². The van der Waals surface area contributed by atoms with E-state index in [1.807, 2.05) is 13.8 Å². The highest BCUT2D eigenvalue weighted by molar-refractivity contribution is 6.00. The van der Waals surface area contributed by atoms with Crippen molar-refractivity contribution in [3.63, 3.8) is 0 Å². The minimum Gasteiger partial charge on any atom is -0.481 e. The number of carboxylic acid groups (broad SMARTS) is 1. The van der Waals surface area contributed by atoms with Crippen molar-refractivity contribution < 1.29 is 33.8 Å². The predicted molar refractivity (Wildman–Crippen MR) is 109 cm³/mol. The number of allylic oxidation sites excluding steroid dienone is 2. The molecule has 0 saturated heterocycles. The van der Waals surface area contributed by atoms with Gasteiger partial charge in [0.05, 0.1) is 36.2 Å². The van der Waals surface area contributed by atoms with Crippen LogP contribution in [-0.4, -0.2) is 42.1 Å². The second kappa shape index (κ2) is 10.0. The Morgan fingerprint density at radius 2 is 1.37 bits per heavy atom. The maximum absolute atomic E-state index is 12.9. The molecule has 2 N–H and O–H groups in total. The zero-order valence-electron chi connectivity index (χ0n) is 17.6. The summed E-state index contributed by atoms with van der Waals surface area (Å²) >= 11 is 0. The van der Waals surface area contributed by atoms with Gasteiger partial charge in [-0.1, -0.05) is 11.1 Å². The van der Waals surface area contributed by atoms with E-state index < -0.39 is 35.7 Å². The molecule has 1 amide bonds. The fourth-order valence-corrected chi connectivity index (χ4v) is 3.43. The third kappa shape index (κ3) is 5.46. The molecule has 30 heavy (non-hydrogen) atoms. The van der Waals surface area contributed by atoms with Gasteiger partial charge in [0.25, 0.3) is 0 Å². The van der Waals surface area contributed by atoms with Gasteiger partial charge < -0.3 is 19.9 Å². The smallest absolute Gasteiger partial charge is 0.338 e. The molecule has 8 nitrogen and oxygen atoms in total. The number of anilines is 1. The minimum absolute atomic E-state index is 0.0862. The number of rotatable bonds is 7. The standard InChI is InChI=1S/C22H27NO7/c1-5-29-21(27)14-9-15(22(28)30-6-2)11-16(10-14)23-19(24)17-7-12(3)13(4)8-18(17)20(25)26/h9-11,17-18H,5-8H2,1-4H3,(H,23,24)(H,25,26). The summed E-state index contributed by atoms with van der Waals surface area (Å²) in [5, 5.41) is 12.2. The van der Waals surface area contributed by atoms with Crippen LogP contribution >= 0.6 is 0 Å². The number of aliphatic carboxylic acids is 1. The van der Waals surface area contributed by atoms with E-state index in [-0.39, 0.29) is 30.0 Å². The van der Waals surface area contributed by atoms with Gasteiger partial charge in [-0.05, 0) is 58.7 Å². The Morgan fingerprint density at radius 1 is 0.900 bits per heavy atom. The molecule has 0 aliphatic heterocycles. The van der Waals surface area contributed by atoms with Crippen LogP contribution in [-0.2, 0) is 19.1 Å².